The number of amides is 1. The smallest absolute Gasteiger partial charge is 0.323 e. The minimum atomic E-state index is -1.27. The Morgan fingerprint density at radius 3 is 2.00 bits per heavy atom. The number of aromatic nitrogens is 2. The minimum Gasteiger partial charge on any atom is -0.480 e. The second-order valence-corrected chi connectivity index (χ2v) is 3.76. The number of rotatable bonds is 5. The lowest BCUT2D eigenvalue weighted by molar-refractivity contribution is -0.140. The van der Waals surface area contributed by atoms with Gasteiger partial charge in [0.2, 0.25) is 0 Å². The fraction of sp³-hybridized carbons (Fsp3) is 0.400. The second kappa shape index (κ2) is 5.30. The summed E-state index contributed by atoms with van der Waals surface area (Å²) in [6, 6.07) is 0. The molecular weight excluding hydrogens is 242 g/mol. The quantitative estimate of drug-likeness (QED) is 0.660. The van der Waals surface area contributed by atoms with Crippen molar-refractivity contribution in [3.63, 3.8) is 0 Å². The Bertz CT molecular complexity index is 458. The highest BCUT2D eigenvalue weighted by molar-refractivity contribution is 5.99. The van der Waals surface area contributed by atoms with Crippen LogP contribution in [-0.4, -0.2) is 56.2 Å². The predicted molar refractivity (Wildman–Crippen MR) is 59.2 cm³/mol. The first-order valence-electron chi connectivity index (χ1n) is 5.07. The van der Waals surface area contributed by atoms with Gasteiger partial charge in [-0.3, -0.25) is 19.5 Å². The molecule has 1 heterocycles. The largest absolute Gasteiger partial charge is 0.480 e. The Kier molecular flexibility index (Phi) is 4.03. The zero-order valence-corrected chi connectivity index (χ0v) is 9.93. The van der Waals surface area contributed by atoms with Gasteiger partial charge in [-0.1, -0.05) is 0 Å². The first-order valence-corrected chi connectivity index (χ1v) is 5.07. The fourth-order valence-electron chi connectivity index (χ4n) is 1.55. The van der Waals surface area contributed by atoms with Crippen LogP contribution in [0.25, 0.3) is 0 Å². The van der Waals surface area contributed by atoms with E-state index in [-0.39, 0.29) is 5.56 Å². The average Bonchev–Trinajstić information content (AvgIpc) is 2.55. The number of carboxylic acid groups (broad SMARTS) is 2. The van der Waals surface area contributed by atoms with E-state index in [1.54, 1.807) is 13.8 Å². The number of carbonyl (C=O) groups is 3. The Morgan fingerprint density at radius 2 is 1.67 bits per heavy atom. The van der Waals surface area contributed by atoms with Crippen molar-refractivity contribution < 1.29 is 24.6 Å². The molecule has 1 rings (SSSR count). The van der Waals surface area contributed by atoms with Crippen molar-refractivity contribution in [2.45, 2.75) is 13.8 Å². The molecule has 0 aliphatic rings. The molecular formula is C10H13N3O5. The molecule has 1 aromatic heterocycles. The van der Waals surface area contributed by atoms with Crippen molar-refractivity contribution in [2.75, 3.05) is 13.1 Å². The van der Waals surface area contributed by atoms with E-state index in [2.05, 4.69) is 10.2 Å². The molecule has 0 fully saturated rings. The molecule has 0 unspecified atom stereocenters. The number of carbonyl (C=O) groups excluding carboxylic acids is 1. The van der Waals surface area contributed by atoms with Crippen LogP contribution in [0.3, 0.4) is 0 Å². The molecule has 0 bridgehead atoms. The summed E-state index contributed by atoms with van der Waals surface area (Å²) < 4.78 is 0. The molecule has 1 aromatic rings. The number of nitrogens with one attached hydrogen (secondary N) is 1. The number of H-pyrrole nitrogens is 1. The first kappa shape index (κ1) is 13.7. The SMILES string of the molecule is Cc1n[nH]c(C)c1C(=O)N(CC(=O)O)CC(=O)O. The molecule has 8 nitrogen and oxygen atoms in total. The van der Waals surface area contributed by atoms with E-state index in [9.17, 15) is 14.4 Å². The first-order chi connectivity index (χ1) is 8.32. The van der Waals surface area contributed by atoms with Gasteiger partial charge in [0.1, 0.15) is 13.1 Å². The summed E-state index contributed by atoms with van der Waals surface area (Å²) in [6.45, 7) is 1.84. The summed E-state index contributed by atoms with van der Waals surface area (Å²) >= 11 is 0. The molecule has 0 aliphatic heterocycles. The normalized spacial score (nSPS) is 10.1. The average molecular weight is 255 g/mol. The Hall–Kier alpha value is -2.38. The van der Waals surface area contributed by atoms with Crippen LogP contribution in [0, 0.1) is 13.8 Å². The van der Waals surface area contributed by atoms with Crippen molar-refractivity contribution in [2.24, 2.45) is 0 Å². The fourth-order valence-corrected chi connectivity index (χ4v) is 1.55. The molecule has 98 valence electrons. The third-order valence-electron chi connectivity index (χ3n) is 2.28. The van der Waals surface area contributed by atoms with E-state index < -0.39 is 30.9 Å². The summed E-state index contributed by atoms with van der Waals surface area (Å²) in [5, 5.41) is 23.7. The molecule has 1 amide bonds. The third kappa shape index (κ3) is 3.06. The Balaban J connectivity index is 3.02. The summed E-state index contributed by atoms with van der Waals surface area (Å²) in [6.07, 6.45) is 0. The lowest BCUT2D eigenvalue weighted by Gasteiger charge is -2.18. The van der Waals surface area contributed by atoms with Crippen molar-refractivity contribution in [1.82, 2.24) is 15.1 Å². The van der Waals surface area contributed by atoms with E-state index in [0.29, 0.717) is 11.4 Å². The molecule has 18 heavy (non-hydrogen) atoms. The van der Waals surface area contributed by atoms with Crippen LogP contribution in [0.4, 0.5) is 0 Å². The Labute approximate surface area is 102 Å². The predicted octanol–water partition coefficient (Wildman–Crippen LogP) is -0.362. The van der Waals surface area contributed by atoms with Gasteiger partial charge >= 0.3 is 11.9 Å². The van der Waals surface area contributed by atoms with Gasteiger partial charge in [-0.2, -0.15) is 5.10 Å². The third-order valence-corrected chi connectivity index (χ3v) is 2.28. The molecule has 0 radical (unpaired) electrons. The summed E-state index contributed by atoms with van der Waals surface area (Å²) in [5.41, 5.74) is 1.08. The lowest BCUT2D eigenvalue weighted by Crippen LogP contribution is -2.39. The number of aromatic amines is 1. The van der Waals surface area contributed by atoms with E-state index in [1.807, 2.05) is 0 Å². The summed E-state index contributed by atoms with van der Waals surface area (Å²) in [4.78, 5) is 34.1. The van der Waals surface area contributed by atoms with Gasteiger partial charge in [-0.15, -0.1) is 0 Å². The monoisotopic (exact) mass is 255 g/mol. The highest BCUT2D eigenvalue weighted by Gasteiger charge is 2.25. The van der Waals surface area contributed by atoms with Crippen molar-refractivity contribution in [3.8, 4) is 0 Å². The van der Waals surface area contributed by atoms with Gasteiger partial charge in [0.15, 0.2) is 0 Å². The number of aryl methyl sites for hydroxylation is 2. The Morgan fingerprint density at radius 1 is 1.17 bits per heavy atom. The second-order valence-electron chi connectivity index (χ2n) is 3.76. The summed E-state index contributed by atoms with van der Waals surface area (Å²) in [7, 11) is 0. The standard InChI is InChI=1S/C10H13N3O5/c1-5-9(6(2)12-11-5)10(18)13(3-7(14)15)4-8(16)17/h3-4H2,1-2H3,(H,11,12)(H,14,15)(H,16,17). The van der Waals surface area contributed by atoms with Crippen LogP contribution in [0.1, 0.15) is 21.7 Å². The topological polar surface area (TPSA) is 124 Å². The maximum absolute atomic E-state index is 12.1. The van der Waals surface area contributed by atoms with Gasteiger partial charge in [0, 0.05) is 5.69 Å². The van der Waals surface area contributed by atoms with Gasteiger partial charge < -0.3 is 15.1 Å². The molecule has 3 N–H and O–H groups in total. The summed E-state index contributed by atoms with van der Waals surface area (Å²) in [5.74, 6) is -3.21. The van der Waals surface area contributed by atoms with E-state index in [1.165, 1.54) is 0 Å². The van der Waals surface area contributed by atoms with Gasteiger partial charge in [-0.25, -0.2) is 0 Å². The molecule has 0 saturated carbocycles. The molecule has 8 heteroatoms. The van der Waals surface area contributed by atoms with Crippen molar-refractivity contribution in [1.29, 1.82) is 0 Å². The van der Waals surface area contributed by atoms with Crippen LogP contribution in [-0.2, 0) is 9.59 Å². The molecule has 0 aromatic carbocycles. The van der Waals surface area contributed by atoms with Gasteiger partial charge in [0.25, 0.3) is 5.91 Å². The van der Waals surface area contributed by atoms with E-state index in [0.717, 1.165) is 4.90 Å². The zero-order chi connectivity index (χ0) is 13.9. The molecule has 0 aliphatic carbocycles. The van der Waals surface area contributed by atoms with Crippen LogP contribution in [0.5, 0.6) is 0 Å². The van der Waals surface area contributed by atoms with E-state index in [4.69, 9.17) is 10.2 Å². The molecule has 0 spiro atoms. The van der Waals surface area contributed by atoms with Gasteiger partial charge in [-0.05, 0) is 13.8 Å². The lowest BCUT2D eigenvalue weighted by atomic mass is 10.1. The number of nitrogens with zero attached hydrogens (tertiary/aromatic N) is 2. The molecule has 0 atom stereocenters. The van der Waals surface area contributed by atoms with Crippen molar-refractivity contribution >= 4 is 17.8 Å². The van der Waals surface area contributed by atoms with Crippen LogP contribution in [0.2, 0.25) is 0 Å². The van der Waals surface area contributed by atoms with Crippen LogP contribution < -0.4 is 0 Å². The van der Waals surface area contributed by atoms with Crippen LogP contribution >= 0.6 is 0 Å². The van der Waals surface area contributed by atoms with E-state index >= 15 is 0 Å². The number of hydrogen-bond acceptors (Lipinski definition) is 4. The number of carboxylic acids is 2. The number of hydrogen-bond donors (Lipinski definition) is 3. The van der Waals surface area contributed by atoms with Crippen LogP contribution in [0.15, 0.2) is 0 Å². The highest BCUT2D eigenvalue weighted by Crippen LogP contribution is 2.12. The zero-order valence-electron chi connectivity index (χ0n) is 9.93. The minimum absolute atomic E-state index is 0.206. The van der Waals surface area contributed by atoms with Crippen molar-refractivity contribution in [3.05, 3.63) is 17.0 Å². The highest BCUT2D eigenvalue weighted by atomic mass is 16.4. The number of aliphatic carboxylic acids is 2. The maximum Gasteiger partial charge on any atom is 0.323 e. The van der Waals surface area contributed by atoms with Gasteiger partial charge in [0.05, 0.1) is 11.3 Å². The molecule has 0 saturated heterocycles. The maximum atomic E-state index is 12.1.